The topological polar surface area (TPSA) is 20.2 Å². The van der Waals surface area contributed by atoms with Crippen molar-refractivity contribution in [2.24, 2.45) is 17.3 Å². The Kier molecular flexibility index (Phi) is 2.31. The number of allylic oxidation sites excluding steroid dienone is 1. The van der Waals surface area contributed by atoms with E-state index in [4.69, 9.17) is 0 Å². The molecule has 0 unspecified atom stereocenters. The fourth-order valence-corrected chi connectivity index (χ4v) is 3.55. The van der Waals surface area contributed by atoms with Gasteiger partial charge < -0.3 is 5.11 Å². The first-order valence-corrected chi connectivity index (χ1v) is 5.84. The molecule has 2 aliphatic rings. The van der Waals surface area contributed by atoms with E-state index in [1.807, 2.05) is 0 Å². The second-order valence-electron chi connectivity index (χ2n) is 5.10. The first-order valence-electron chi connectivity index (χ1n) is 5.05. The van der Waals surface area contributed by atoms with Crippen LogP contribution in [0, 0.1) is 17.3 Å². The third-order valence-corrected chi connectivity index (χ3v) is 4.38. The molecule has 2 aliphatic carbocycles. The molecule has 74 valence electrons. The number of aliphatic hydroxyl groups is 1. The predicted octanol–water partition coefficient (Wildman–Crippen LogP) is 3.08. The Morgan fingerprint density at radius 3 is 2.92 bits per heavy atom. The van der Waals surface area contributed by atoms with E-state index in [-0.39, 0.29) is 6.10 Å². The molecular formula is C11H17BrO. The van der Waals surface area contributed by atoms with Crippen molar-refractivity contribution in [3.8, 4) is 0 Å². The van der Waals surface area contributed by atoms with Gasteiger partial charge in [0.1, 0.15) is 0 Å². The Hall–Kier alpha value is 0.180. The molecule has 1 N–H and O–H groups in total. The van der Waals surface area contributed by atoms with Crippen molar-refractivity contribution < 1.29 is 5.11 Å². The van der Waals surface area contributed by atoms with Crippen molar-refractivity contribution in [1.29, 1.82) is 0 Å². The van der Waals surface area contributed by atoms with Crippen LogP contribution in [0.5, 0.6) is 0 Å². The molecule has 0 bridgehead atoms. The molecule has 1 saturated carbocycles. The average Bonchev–Trinajstić information content (AvgIpc) is 2.22. The summed E-state index contributed by atoms with van der Waals surface area (Å²) in [6, 6.07) is 0. The van der Waals surface area contributed by atoms with E-state index in [0.29, 0.717) is 17.3 Å². The highest BCUT2D eigenvalue weighted by Crippen LogP contribution is 2.52. The SMILES string of the molecule is CC1(C)C[C@@H](O)[C@H]2C=C(Br)CC[C@@H]21. The maximum Gasteiger partial charge on any atom is 0.0611 e. The Morgan fingerprint density at radius 2 is 2.23 bits per heavy atom. The van der Waals surface area contributed by atoms with E-state index in [1.165, 1.54) is 10.9 Å². The lowest BCUT2D eigenvalue weighted by molar-refractivity contribution is 0.137. The maximum atomic E-state index is 9.91. The van der Waals surface area contributed by atoms with Gasteiger partial charge in [0.25, 0.3) is 0 Å². The van der Waals surface area contributed by atoms with Crippen molar-refractivity contribution in [3.05, 3.63) is 10.6 Å². The van der Waals surface area contributed by atoms with Gasteiger partial charge in [-0.3, -0.25) is 0 Å². The van der Waals surface area contributed by atoms with Gasteiger partial charge in [-0.25, -0.2) is 0 Å². The Bertz CT molecular complexity index is 244. The monoisotopic (exact) mass is 244 g/mol. The first-order chi connectivity index (χ1) is 6.00. The van der Waals surface area contributed by atoms with Gasteiger partial charge in [-0.05, 0) is 35.1 Å². The van der Waals surface area contributed by atoms with E-state index in [1.54, 1.807) is 0 Å². The van der Waals surface area contributed by atoms with Gasteiger partial charge in [-0.15, -0.1) is 0 Å². The number of aliphatic hydroxyl groups excluding tert-OH is 1. The quantitative estimate of drug-likeness (QED) is 0.695. The molecule has 0 radical (unpaired) electrons. The highest BCUT2D eigenvalue weighted by molar-refractivity contribution is 9.11. The summed E-state index contributed by atoms with van der Waals surface area (Å²) in [5.41, 5.74) is 0.328. The van der Waals surface area contributed by atoms with Crippen LogP contribution in [-0.2, 0) is 0 Å². The summed E-state index contributed by atoms with van der Waals surface area (Å²) in [6.07, 6.45) is 5.45. The highest BCUT2D eigenvalue weighted by atomic mass is 79.9. The molecule has 0 heterocycles. The van der Waals surface area contributed by atoms with Gasteiger partial charge in [0.2, 0.25) is 0 Å². The van der Waals surface area contributed by atoms with E-state index in [2.05, 4.69) is 35.9 Å². The fourth-order valence-electron chi connectivity index (χ4n) is 3.01. The van der Waals surface area contributed by atoms with Crippen molar-refractivity contribution in [1.82, 2.24) is 0 Å². The summed E-state index contributed by atoms with van der Waals surface area (Å²) in [4.78, 5) is 0. The third kappa shape index (κ3) is 1.59. The maximum absolute atomic E-state index is 9.91. The van der Waals surface area contributed by atoms with Crippen molar-refractivity contribution in [2.75, 3.05) is 0 Å². The molecule has 0 amide bonds. The molecule has 0 aromatic heterocycles. The van der Waals surface area contributed by atoms with Crippen molar-refractivity contribution in [2.45, 2.75) is 39.2 Å². The molecule has 3 atom stereocenters. The Labute approximate surface area is 88.3 Å². The van der Waals surface area contributed by atoms with Crippen LogP contribution in [0.3, 0.4) is 0 Å². The van der Waals surface area contributed by atoms with Crippen LogP contribution in [0.1, 0.15) is 33.1 Å². The minimum Gasteiger partial charge on any atom is -0.392 e. The molecule has 1 fully saturated rings. The largest absolute Gasteiger partial charge is 0.392 e. The van der Waals surface area contributed by atoms with Crippen LogP contribution in [-0.4, -0.2) is 11.2 Å². The molecule has 2 rings (SSSR count). The van der Waals surface area contributed by atoms with Gasteiger partial charge >= 0.3 is 0 Å². The minimum absolute atomic E-state index is 0.118. The molecule has 1 nitrogen and oxygen atoms in total. The number of fused-ring (bicyclic) bond motifs is 1. The van der Waals surface area contributed by atoms with Crippen molar-refractivity contribution >= 4 is 15.9 Å². The van der Waals surface area contributed by atoms with E-state index in [0.717, 1.165) is 12.8 Å². The van der Waals surface area contributed by atoms with Crippen LogP contribution in [0.25, 0.3) is 0 Å². The zero-order chi connectivity index (χ0) is 9.64. The number of hydrogen-bond acceptors (Lipinski definition) is 1. The minimum atomic E-state index is -0.118. The molecule has 0 aromatic rings. The smallest absolute Gasteiger partial charge is 0.0611 e. The second-order valence-corrected chi connectivity index (χ2v) is 6.11. The zero-order valence-corrected chi connectivity index (χ0v) is 9.84. The van der Waals surface area contributed by atoms with Crippen LogP contribution in [0.4, 0.5) is 0 Å². The summed E-state index contributed by atoms with van der Waals surface area (Å²) in [7, 11) is 0. The van der Waals surface area contributed by atoms with E-state index >= 15 is 0 Å². The van der Waals surface area contributed by atoms with Crippen molar-refractivity contribution in [3.63, 3.8) is 0 Å². The Morgan fingerprint density at radius 1 is 1.54 bits per heavy atom. The summed E-state index contributed by atoms with van der Waals surface area (Å²) in [5.74, 6) is 1.09. The van der Waals surface area contributed by atoms with Gasteiger partial charge in [-0.1, -0.05) is 35.9 Å². The summed E-state index contributed by atoms with van der Waals surface area (Å²) < 4.78 is 1.28. The summed E-state index contributed by atoms with van der Waals surface area (Å²) >= 11 is 3.54. The van der Waals surface area contributed by atoms with Crippen LogP contribution >= 0.6 is 15.9 Å². The molecule has 0 saturated heterocycles. The lowest BCUT2D eigenvalue weighted by Gasteiger charge is -2.32. The van der Waals surface area contributed by atoms with Crippen LogP contribution < -0.4 is 0 Å². The zero-order valence-electron chi connectivity index (χ0n) is 8.26. The molecule has 2 heteroatoms. The lowest BCUT2D eigenvalue weighted by Crippen LogP contribution is -2.25. The molecule has 13 heavy (non-hydrogen) atoms. The summed E-state index contributed by atoms with van der Waals surface area (Å²) in [5, 5.41) is 9.91. The lowest BCUT2D eigenvalue weighted by atomic mass is 9.74. The molecule has 0 aromatic carbocycles. The first kappa shape index (κ1) is 9.72. The van der Waals surface area contributed by atoms with Crippen LogP contribution in [0.15, 0.2) is 10.6 Å². The third-order valence-electron chi connectivity index (χ3n) is 3.72. The number of hydrogen-bond donors (Lipinski definition) is 1. The number of halogens is 1. The average molecular weight is 245 g/mol. The predicted molar refractivity (Wildman–Crippen MR) is 57.6 cm³/mol. The molecule has 0 spiro atoms. The normalized spacial score (nSPS) is 42.8. The molecule has 0 aliphatic heterocycles. The fraction of sp³-hybridized carbons (Fsp3) is 0.818. The molecular weight excluding hydrogens is 228 g/mol. The van der Waals surface area contributed by atoms with Gasteiger partial charge in [-0.2, -0.15) is 0 Å². The van der Waals surface area contributed by atoms with E-state index in [9.17, 15) is 5.11 Å². The Balaban J connectivity index is 2.27. The highest BCUT2D eigenvalue weighted by Gasteiger charge is 2.47. The standard InChI is InChI=1S/C11H17BrO/c1-11(2)6-10(13)8-5-7(12)3-4-9(8)11/h5,8-10,13H,3-4,6H2,1-2H3/t8-,9-,10+/m0/s1. The van der Waals surface area contributed by atoms with E-state index < -0.39 is 0 Å². The van der Waals surface area contributed by atoms with Crippen LogP contribution in [0.2, 0.25) is 0 Å². The second kappa shape index (κ2) is 3.09. The number of rotatable bonds is 0. The van der Waals surface area contributed by atoms with Gasteiger partial charge in [0.05, 0.1) is 6.10 Å². The summed E-state index contributed by atoms with van der Waals surface area (Å²) in [6.45, 7) is 4.57. The van der Waals surface area contributed by atoms with Gasteiger partial charge in [0.15, 0.2) is 0 Å². The van der Waals surface area contributed by atoms with Gasteiger partial charge in [0, 0.05) is 5.92 Å².